The number of hydrogen-bond acceptors (Lipinski definition) is 3. The molecule has 0 spiro atoms. The Morgan fingerprint density at radius 3 is 1.60 bits per heavy atom. The first-order chi connectivity index (χ1) is 9.62. The molecule has 0 aromatic rings. The predicted molar refractivity (Wildman–Crippen MR) is 79.7 cm³/mol. The van der Waals surface area contributed by atoms with Crippen LogP contribution in [-0.4, -0.2) is 6.61 Å². The summed E-state index contributed by atoms with van der Waals surface area (Å²) >= 11 is 0. The molecule has 0 aliphatic rings. The minimum absolute atomic E-state index is 0.190. The molecule has 0 saturated heterocycles. The zero-order chi connectivity index (χ0) is 15.1. The molecule has 0 aromatic carbocycles. The van der Waals surface area contributed by atoms with Crippen LogP contribution < -0.4 is 5.90 Å². The van der Waals surface area contributed by atoms with Crippen LogP contribution in [0, 0.1) is 0 Å². The fraction of sp³-hybridized carbons (Fsp3) is 1.00. The first-order valence-electron chi connectivity index (χ1n) is 7.95. The van der Waals surface area contributed by atoms with Crippen LogP contribution in [0.1, 0.15) is 84.0 Å². The minimum atomic E-state index is -3.85. The maximum atomic E-state index is 10.8. The van der Waals surface area contributed by atoms with Crippen LogP contribution in [0.4, 0.5) is 0 Å². The van der Waals surface area contributed by atoms with Crippen molar-refractivity contribution < 1.29 is 23.1 Å². The normalized spacial score (nSPS) is 14.3. The summed E-state index contributed by atoms with van der Waals surface area (Å²) in [6.07, 6.45) is 14.9. The van der Waals surface area contributed by atoms with E-state index in [4.69, 9.17) is 0 Å². The third kappa shape index (κ3) is 14.4. The summed E-state index contributed by atoms with van der Waals surface area (Å²) < 4.78 is 30.1. The molecule has 1 radical (unpaired) electrons. The lowest BCUT2D eigenvalue weighted by molar-refractivity contribution is -0.640. The molecule has 0 bridgehead atoms. The summed E-state index contributed by atoms with van der Waals surface area (Å²) in [5.74, 6) is 2.82. The van der Waals surface area contributed by atoms with Crippen molar-refractivity contribution in [1.29, 1.82) is 0 Å². The van der Waals surface area contributed by atoms with E-state index >= 15 is 0 Å². The van der Waals surface area contributed by atoms with Crippen LogP contribution in [0.15, 0.2) is 0 Å². The average molecular weight is 310 g/mol. The largest absolute Gasteiger partial charge is 0.597 e. The van der Waals surface area contributed by atoms with Gasteiger partial charge in [0.05, 0.1) is 4.28 Å². The van der Waals surface area contributed by atoms with E-state index in [-0.39, 0.29) is 6.61 Å². The Labute approximate surface area is 125 Å². The first kappa shape index (κ1) is 20.0. The predicted octanol–water partition coefficient (Wildman–Crippen LogP) is 3.55. The van der Waals surface area contributed by atoms with Crippen LogP contribution in [0.3, 0.4) is 0 Å². The Morgan fingerprint density at radius 1 is 0.800 bits per heavy atom. The van der Waals surface area contributed by atoms with Crippen molar-refractivity contribution in [2.24, 2.45) is 0 Å². The highest BCUT2D eigenvalue weighted by atomic mass is 32.3. The zero-order valence-corrected chi connectivity index (χ0v) is 13.8. The Kier molecular flexibility index (Phi) is 13.9. The van der Waals surface area contributed by atoms with E-state index in [2.05, 4.69) is 21.3 Å². The SMILES string of the molecule is CCCCCCCCCCCCCCO[S+]([O])(=O)O[NH3+]. The molecule has 0 saturated carbocycles. The van der Waals surface area contributed by atoms with E-state index in [1.165, 1.54) is 57.8 Å². The van der Waals surface area contributed by atoms with E-state index in [1.807, 2.05) is 0 Å². The van der Waals surface area contributed by atoms with Gasteiger partial charge in [0.25, 0.3) is 0 Å². The van der Waals surface area contributed by atoms with Gasteiger partial charge < -0.3 is 0 Å². The summed E-state index contributed by atoms with van der Waals surface area (Å²) in [5, 5.41) is 0. The molecule has 20 heavy (non-hydrogen) atoms. The highest BCUT2D eigenvalue weighted by molar-refractivity contribution is 7.88. The van der Waals surface area contributed by atoms with Crippen molar-refractivity contribution in [3.8, 4) is 0 Å². The molecule has 121 valence electrons. The molecule has 1 atom stereocenters. The highest BCUT2D eigenvalue weighted by Gasteiger charge is 2.34. The minimum Gasteiger partial charge on any atom is -0.155 e. The fourth-order valence-electron chi connectivity index (χ4n) is 2.14. The van der Waals surface area contributed by atoms with Gasteiger partial charge in [-0.3, -0.25) is 0 Å². The van der Waals surface area contributed by atoms with Crippen molar-refractivity contribution >= 4 is 10.8 Å². The molecule has 5 nitrogen and oxygen atoms in total. The molecule has 0 amide bonds. The van der Waals surface area contributed by atoms with E-state index in [1.54, 1.807) is 0 Å². The number of unbranched alkanes of at least 4 members (excludes halogenated alkanes) is 11. The van der Waals surface area contributed by atoms with Gasteiger partial charge in [0.15, 0.2) is 0 Å². The van der Waals surface area contributed by atoms with Gasteiger partial charge in [0, 0.05) is 4.21 Å². The van der Waals surface area contributed by atoms with Crippen LogP contribution in [0.25, 0.3) is 0 Å². The molecule has 0 fully saturated rings. The summed E-state index contributed by atoms with van der Waals surface area (Å²) in [4.78, 5) is 0. The van der Waals surface area contributed by atoms with Gasteiger partial charge in [-0.1, -0.05) is 77.6 Å². The number of rotatable bonds is 15. The van der Waals surface area contributed by atoms with Gasteiger partial charge in [-0.15, -0.1) is 4.18 Å². The first-order valence-corrected chi connectivity index (χ1v) is 9.28. The lowest BCUT2D eigenvalue weighted by atomic mass is 10.1. The van der Waals surface area contributed by atoms with Gasteiger partial charge >= 0.3 is 10.8 Å². The van der Waals surface area contributed by atoms with Crippen LogP contribution in [0.2, 0.25) is 0 Å². The van der Waals surface area contributed by atoms with Crippen molar-refractivity contribution in [2.45, 2.75) is 84.0 Å². The molecule has 1 unspecified atom stereocenters. The molecule has 0 aliphatic heterocycles. The standard InChI is InChI=1S/C14H32NO4S/c1-2-3-4-5-6-7-8-9-10-11-12-13-14-18-20(16,17)19-15/h2-14H2,1,15H3/q+2. The topological polar surface area (TPSA) is 83.1 Å². The summed E-state index contributed by atoms with van der Waals surface area (Å²) in [6, 6.07) is 0. The van der Waals surface area contributed by atoms with E-state index < -0.39 is 10.8 Å². The van der Waals surface area contributed by atoms with E-state index in [0.717, 1.165) is 19.3 Å². The van der Waals surface area contributed by atoms with Crippen molar-refractivity contribution in [2.75, 3.05) is 6.61 Å². The van der Waals surface area contributed by atoms with Crippen molar-refractivity contribution in [3.05, 3.63) is 0 Å². The lowest BCUT2D eigenvalue weighted by Gasteiger charge is -2.02. The second kappa shape index (κ2) is 13.9. The highest BCUT2D eigenvalue weighted by Crippen LogP contribution is 2.12. The Bertz CT molecular complexity index is 251. The molecular weight excluding hydrogens is 278 g/mol. The molecule has 3 N–H and O–H groups in total. The number of hydrogen-bond donors (Lipinski definition) is 1. The van der Waals surface area contributed by atoms with Gasteiger partial charge in [0.2, 0.25) is 0 Å². The molecule has 0 aliphatic carbocycles. The second-order valence-corrected chi connectivity index (χ2v) is 6.53. The average Bonchev–Trinajstić information content (AvgIpc) is 2.44. The summed E-state index contributed by atoms with van der Waals surface area (Å²) in [6.45, 7) is 2.43. The monoisotopic (exact) mass is 310 g/mol. The smallest absolute Gasteiger partial charge is 0.155 e. The lowest BCUT2D eigenvalue weighted by Crippen LogP contribution is -2.53. The van der Waals surface area contributed by atoms with Crippen LogP contribution in [0.5, 0.6) is 0 Å². The molecule has 0 heterocycles. The van der Waals surface area contributed by atoms with Crippen LogP contribution >= 0.6 is 0 Å². The Hall–Kier alpha value is -0.0100. The maximum Gasteiger partial charge on any atom is 0.597 e. The quantitative estimate of drug-likeness (QED) is 0.285. The third-order valence-corrected chi connectivity index (χ3v) is 4.11. The van der Waals surface area contributed by atoms with Crippen molar-refractivity contribution in [1.82, 2.24) is 0 Å². The zero-order valence-electron chi connectivity index (χ0n) is 12.9. The molecule has 6 heteroatoms. The molecular formula is C14H32NO4S+2. The van der Waals surface area contributed by atoms with Gasteiger partial charge in [-0.05, 0) is 6.42 Å². The van der Waals surface area contributed by atoms with Gasteiger partial charge in [-0.2, -0.15) is 5.90 Å². The number of quaternary nitrogens is 1. The van der Waals surface area contributed by atoms with Gasteiger partial charge in [0.1, 0.15) is 11.2 Å². The van der Waals surface area contributed by atoms with Crippen LogP contribution in [-0.2, 0) is 28.0 Å². The fourth-order valence-corrected chi connectivity index (χ4v) is 2.53. The molecule has 0 aromatic heterocycles. The third-order valence-electron chi connectivity index (χ3n) is 3.37. The van der Waals surface area contributed by atoms with Gasteiger partial charge in [-0.25, -0.2) is 0 Å². The Balaban J connectivity index is 3.08. The maximum absolute atomic E-state index is 10.8. The molecule has 0 rings (SSSR count). The summed E-state index contributed by atoms with van der Waals surface area (Å²) in [7, 11) is -3.85. The second-order valence-electron chi connectivity index (χ2n) is 5.24. The van der Waals surface area contributed by atoms with E-state index in [0.29, 0.717) is 0 Å². The van der Waals surface area contributed by atoms with Crippen molar-refractivity contribution in [3.63, 3.8) is 0 Å². The summed E-state index contributed by atoms with van der Waals surface area (Å²) in [5.41, 5.74) is 0. The Morgan fingerprint density at radius 2 is 1.20 bits per heavy atom. The van der Waals surface area contributed by atoms with E-state index in [9.17, 15) is 8.76 Å².